The van der Waals surface area contributed by atoms with Crippen LogP contribution in [0.25, 0.3) is 11.4 Å². The number of sulfonamides is 1. The summed E-state index contributed by atoms with van der Waals surface area (Å²) in [6.45, 7) is 0.834. The molecule has 24 heavy (non-hydrogen) atoms. The molecule has 0 amide bonds. The van der Waals surface area contributed by atoms with Gasteiger partial charge in [0.1, 0.15) is 4.90 Å². The highest BCUT2D eigenvalue weighted by Gasteiger charge is 2.16. The van der Waals surface area contributed by atoms with Gasteiger partial charge in [0.15, 0.2) is 5.82 Å². The molecule has 4 N–H and O–H groups in total. The maximum absolute atomic E-state index is 11.9. The Hall–Kier alpha value is -2.03. The van der Waals surface area contributed by atoms with Crippen molar-refractivity contribution in [3.63, 3.8) is 0 Å². The standard InChI is InChI=1S/C16H22N4O3S/c17-24(22,23)15-12-13(16-19-9-5-10-20-16)6-7-14(15)18-8-3-1-2-4-11-21/h5-7,9-10,12,18,21H,1-4,8,11H2,(H2,17,22,23). The Labute approximate surface area is 142 Å². The Morgan fingerprint density at radius 3 is 2.46 bits per heavy atom. The van der Waals surface area contributed by atoms with E-state index in [1.165, 1.54) is 6.07 Å². The first kappa shape index (κ1) is 18.3. The summed E-state index contributed by atoms with van der Waals surface area (Å²) in [5.74, 6) is 0.443. The molecule has 0 aliphatic heterocycles. The molecule has 0 spiro atoms. The van der Waals surface area contributed by atoms with Gasteiger partial charge >= 0.3 is 0 Å². The van der Waals surface area contributed by atoms with E-state index in [2.05, 4.69) is 15.3 Å². The fourth-order valence-electron chi connectivity index (χ4n) is 2.30. The van der Waals surface area contributed by atoms with Gasteiger partial charge in [-0.2, -0.15) is 0 Å². The van der Waals surface area contributed by atoms with Gasteiger partial charge in [0.25, 0.3) is 0 Å². The Bertz CT molecular complexity index is 751. The average Bonchev–Trinajstić information content (AvgIpc) is 2.58. The van der Waals surface area contributed by atoms with Crippen LogP contribution in [-0.4, -0.2) is 36.6 Å². The van der Waals surface area contributed by atoms with E-state index in [1.807, 2.05) is 0 Å². The molecular weight excluding hydrogens is 328 g/mol. The highest BCUT2D eigenvalue weighted by molar-refractivity contribution is 7.89. The second-order valence-corrected chi connectivity index (χ2v) is 6.92. The molecule has 1 heterocycles. The molecule has 0 fully saturated rings. The van der Waals surface area contributed by atoms with Crippen LogP contribution in [0, 0.1) is 0 Å². The molecule has 0 aliphatic carbocycles. The molecule has 0 saturated carbocycles. The molecule has 7 nitrogen and oxygen atoms in total. The second kappa shape index (κ2) is 8.72. The van der Waals surface area contributed by atoms with Crippen molar-refractivity contribution in [2.75, 3.05) is 18.5 Å². The lowest BCUT2D eigenvalue weighted by atomic mass is 10.1. The molecule has 1 aromatic carbocycles. The topological polar surface area (TPSA) is 118 Å². The molecule has 0 atom stereocenters. The SMILES string of the molecule is NS(=O)(=O)c1cc(-c2ncccn2)ccc1NCCCCCCO. The van der Waals surface area contributed by atoms with Gasteiger partial charge in [0.05, 0.1) is 5.69 Å². The molecule has 8 heteroatoms. The van der Waals surface area contributed by atoms with Gasteiger partial charge < -0.3 is 10.4 Å². The first-order valence-corrected chi connectivity index (χ1v) is 9.36. The molecular formula is C16H22N4O3S. The number of aliphatic hydroxyl groups is 1. The third kappa shape index (κ3) is 5.26. The number of unbranched alkanes of at least 4 members (excludes halogenated alkanes) is 3. The summed E-state index contributed by atoms with van der Waals surface area (Å²) in [6.07, 6.45) is 6.77. The van der Waals surface area contributed by atoms with E-state index in [0.717, 1.165) is 25.7 Å². The highest BCUT2D eigenvalue weighted by atomic mass is 32.2. The molecule has 130 valence electrons. The average molecular weight is 350 g/mol. The summed E-state index contributed by atoms with van der Waals surface area (Å²) in [6, 6.07) is 6.62. The van der Waals surface area contributed by atoms with Crippen molar-refractivity contribution < 1.29 is 13.5 Å². The lowest BCUT2D eigenvalue weighted by Gasteiger charge is -2.12. The number of nitrogens with one attached hydrogen (secondary N) is 1. The minimum atomic E-state index is -3.87. The summed E-state index contributed by atoms with van der Waals surface area (Å²) in [5.41, 5.74) is 1.06. The van der Waals surface area contributed by atoms with E-state index >= 15 is 0 Å². The summed E-state index contributed by atoms with van der Waals surface area (Å²) in [4.78, 5) is 8.27. The normalized spacial score (nSPS) is 11.4. The number of hydrogen-bond acceptors (Lipinski definition) is 6. The van der Waals surface area contributed by atoms with Crippen molar-refractivity contribution in [1.29, 1.82) is 0 Å². The second-order valence-electron chi connectivity index (χ2n) is 5.39. The number of rotatable bonds is 9. The number of hydrogen-bond donors (Lipinski definition) is 3. The maximum Gasteiger partial charge on any atom is 0.240 e. The molecule has 0 unspecified atom stereocenters. The van der Waals surface area contributed by atoms with E-state index in [1.54, 1.807) is 30.6 Å². The van der Waals surface area contributed by atoms with E-state index in [9.17, 15) is 8.42 Å². The Kier molecular flexibility index (Phi) is 6.65. The number of anilines is 1. The zero-order valence-electron chi connectivity index (χ0n) is 13.4. The fraction of sp³-hybridized carbons (Fsp3) is 0.375. The van der Waals surface area contributed by atoms with Crippen LogP contribution in [0.4, 0.5) is 5.69 Å². The first-order chi connectivity index (χ1) is 11.5. The zero-order valence-corrected chi connectivity index (χ0v) is 14.2. The van der Waals surface area contributed by atoms with E-state index in [4.69, 9.17) is 10.2 Å². The molecule has 0 bridgehead atoms. The Morgan fingerprint density at radius 1 is 1.08 bits per heavy atom. The summed E-state index contributed by atoms with van der Waals surface area (Å²) < 4.78 is 23.8. The summed E-state index contributed by atoms with van der Waals surface area (Å²) in [7, 11) is -3.87. The smallest absolute Gasteiger partial charge is 0.240 e. The van der Waals surface area contributed by atoms with Crippen molar-refractivity contribution in [3.8, 4) is 11.4 Å². The van der Waals surface area contributed by atoms with Crippen molar-refractivity contribution in [2.24, 2.45) is 5.14 Å². The number of primary sulfonamides is 1. The predicted molar refractivity (Wildman–Crippen MR) is 92.9 cm³/mol. The van der Waals surface area contributed by atoms with Crippen LogP contribution in [0.5, 0.6) is 0 Å². The van der Waals surface area contributed by atoms with Crippen LogP contribution < -0.4 is 10.5 Å². The van der Waals surface area contributed by atoms with Crippen LogP contribution >= 0.6 is 0 Å². The quantitative estimate of drug-likeness (QED) is 0.593. The number of benzene rings is 1. The molecule has 0 saturated heterocycles. The Morgan fingerprint density at radius 2 is 1.79 bits per heavy atom. The fourth-order valence-corrected chi connectivity index (χ4v) is 3.04. The van der Waals surface area contributed by atoms with Crippen LogP contribution in [0.3, 0.4) is 0 Å². The molecule has 1 aromatic heterocycles. The number of nitrogens with two attached hydrogens (primary N) is 1. The van der Waals surface area contributed by atoms with Gasteiger partial charge in [-0.25, -0.2) is 23.5 Å². The van der Waals surface area contributed by atoms with Gasteiger partial charge in [0, 0.05) is 31.1 Å². The highest BCUT2D eigenvalue weighted by Crippen LogP contribution is 2.26. The zero-order chi connectivity index (χ0) is 17.4. The summed E-state index contributed by atoms with van der Waals surface area (Å²) >= 11 is 0. The monoisotopic (exact) mass is 350 g/mol. The predicted octanol–water partition coefficient (Wildman–Crippen LogP) is 1.76. The van der Waals surface area contributed by atoms with Crippen LogP contribution in [0.15, 0.2) is 41.6 Å². The lowest BCUT2D eigenvalue weighted by molar-refractivity contribution is 0.283. The van der Waals surface area contributed by atoms with Gasteiger partial charge in [-0.15, -0.1) is 0 Å². The van der Waals surface area contributed by atoms with Gasteiger partial charge in [-0.3, -0.25) is 0 Å². The number of aliphatic hydroxyl groups excluding tert-OH is 1. The largest absolute Gasteiger partial charge is 0.396 e. The number of aromatic nitrogens is 2. The molecule has 0 aliphatic rings. The van der Waals surface area contributed by atoms with E-state index < -0.39 is 10.0 Å². The third-order valence-corrected chi connectivity index (χ3v) is 4.46. The maximum atomic E-state index is 11.9. The third-order valence-electron chi connectivity index (χ3n) is 3.51. The van der Waals surface area contributed by atoms with Gasteiger partial charge in [-0.1, -0.05) is 12.8 Å². The van der Waals surface area contributed by atoms with E-state index in [-0.39, 0.29) is 11.5 Å². The minimum absolute atomic E-state index is 0.0304. The number of nitrogens with zero attached hydrogens (tertiary/aromatic N) is 2. The minimum Gasteiger partial charge on any atom is -0.396 e. The lowest BCUT2D eigenvalue weighted by Crippen LogP contribution is -2.15. The van der Waals surface area contributed by atoms with Crippen molar-refractivity contribution >= 4 is 15.7 Å². The van der Waals surface area contributed by atoms with E-state index in [0.29, 0.717) is 23.6 Å². The van der Waals surface area contributed by atoms with Crippen LogP contribution in [-0.2, 0) is 10.0 Å². The van der Waals surface area contributed by atoms with Gasteiger partial charge in [0.2, 0.25) is 10.0 Å². The van der Waals surface area contributed by atoms with Crippen LogP contribution in [0.2, 0.25) is 0 Å². The Balaban J connectivity index is 2.14. The summed E-state index contributed by atoms with van der Waals surface area (Å²) in [5, 5.41) is 17.2. The van der Waals surface area contributed by atoms with Crippen molar-refractivity contribution in [3.05, 3.63) is 36.7 Å². The molecule has 2 aromatic rings. The van der Waals surface area contributed by atoms with Gasteiger partial charge in [-0.05, 0) is 37.1 Å². The van der Waals surface area contributed by atoms with Crippen molar-refractivity contribution in [1.82, 2.24) is 9.97 Å². The molecule has 2 rings (SSSR count). The molecule has 0 radical (unpaired) electrons. The first-order valence-electron chi connectivity index (χ1n) is 7.81. The van der Waals surface area contributed by atoms with Crippen molar-refractivity contribution in [2.45, 2.75) is 30.6 Å². The van der Waals surface area contributed by atoms with Crippen LogP contribution in [0.1, 0.15) is 25.7 Å².